The molecule has 1 N–H and O–H groups in total. The molecule has 0 bridgehead atoms. The molecular formula is C24H25ClF3NO5. The first-order valence-electron chi connectivity index (χ1n) is 10.5. The van der Waals surface area contributed by atoms with Crippen molar-refractivity contribution in [2.45, 2.75) is 52.0 Å². The molecular weight excluding hydrogens is 475 g/mol. The fourth-order valence-electron chi connectivity index (χ4n) is 3.27. The maximum Gasteiger partial charge on any atom is 0.419 e. The molecule has 0 unspecified atom stereocenters. The minimum Gasteiger partial charge on any atom is -0.506 e. The first-order chi connectivity index (χ1) is 15.7. The number of carbonyl (C=O) groups excluding carboxylic acids is 2. The fourth-order valence-corrected chi connectivity index (χ4v) is 3.57. The number of aromatic hydroxyl groups is 1. The average Bonchev–Trinajstić information content (AvgIpc) is 3.54. The van der Waals surface area contributed by atoms with Crippen molar-refractivity contribution >= 4 is 29.2 Å². The fraction of sp³-hybridized carbons (Fsp3) is 0.417. The molecule has 1 fully saturated rings. The molecule has 0 spiro atoms. The summed E-state index contributed by atoms with van der Waals surface area (Å²) < 4.78 is 50.7. The lowest BCUT2D eigenvalue weighted by Gasteiger charge is -2.22. The van der Waals surface area contributed by atoms with Crippen molar-refractivity contribution in [3.63, 3.8) is 0 Å². The van der Waals surface area contributed by atoms with Crippen LogP contribution in [0, 0.1) is 5.92 Å². The lowest BCUT2D eigenvalue weighted by molar-refractivity contribution is -0.138. The van der Waals surface area contributed by atoms with Crippen LogP contribution in [0.15, 0.2) is 30.3 Å². The van der Waals surface area contributed by atoms with E-state index in [2.05, 4.69) is 0 Å². The van der Waals surface area contributed by atoms with Crippen LogP contribution < -0.4 is 9.64 Å². The topological polar surface area (TPSA) is 76.1 Å². The molecule has 3 rings (SSSR count). The summed E-state index contributed by atoms with van der Waals surface area (Å²) in [5, 5.41) is 10.5. The maximum absolute atomic E-state index is 13.3. The first-order valence-corrected chi connectivity index (χ1v) is 10.9. The molecule has 1 saturated carbocycles. The first kappa shape index (κ1) is 25.7. The second-order valence-corrected chi connectivity index (χ2v) is 9.48. The quantitative estimate of drug-likeness (QED) is 0.495. The zero-order valence-electron chi connectivity index (χ0n) is 19.1. The number of carbonyl (C=O) groups is 2. The number of benzene rings is 2. The number of phenols is 1. The lowest BCUT2D eigenvalue weighted by atomic mass is 10.0. The summed E-state index contributed by atoms with van der Waals surface area (Å²) in [7, 11) is 1.63. The third-order valence-corrected chi connectivity index (χ3v) is 5.41. The molecule has 34 heavy (non-hydrogen) atoms. The van der Waals surface area contributed by atoms with Gasteiger partial charge < -0.3 is 19.5 Å². The van der Waals surface area contributed by atoms with Gasteiger partial charge in [-0.15, -0.1) is 0 Å². The van der Waals surface area contributed by atoms with Gasteiger partial charge in [0, 0.05) is 24.6 Å². The van der Waals surface area contributed by atoms with Crippen molar-refractivity contribution in [2.75, 3.05) is 11.9 Å². The molecule has 0 aliphatic heterocycles. The van der Waals surface area contributed by atoms with Gasteiger partial charge in [-0.05, 0) is 51.8 Å². The highest BCUT2D eigenvalue weighted by Crippen LogP contribution is 2.40. The van der Waals surface area contributed by atoms with Gasteiger partial charge in [0.2, 0.25) is 5.91 Å². The van der Waals surface area contributed by atoms with E-state index in [9.17, 15) is 27.9 Å². The Hall–Kier alpha value is -2.94. The molecule has 6 nitrogen and oxygen atoms in total. The highest BCUT2D eigenvalue weighted by Gasteiger charge is 2.37. The van der Waals surface area contributed by atoms with Gasteiger partial charge >= 0.3 is 12.1 Å². The van der Waals surface area contributed by atoms with E-state index in [4.69, 9.17) is 21.1 Å². The Morgan fingerprint density at radius 1 is 1.15 bits per heavy atom. The highest BCUT2D eigenvalue weighted by molar-refractivity contribution is 6.34. The zero-order chi connectivity index (χ0) is 25.4. The normalized spacial score (nSPS) is 14.0. The Labute approximate surface area is 200 Å². The van der Waals surface area contributed by atoms with Crippen molar-refractivity contribution in [1.29, 1.82) is 0 Å². The second-order valence-electron chi connectivity index (χ2n) is 9.07. The van der Waals surface area contributed by atoms with Gasteiger partial charge in [0.05, 0.1) is 16.3 Å². The number of esters is 1. The molecule has 1 aliphatic carbocycles. The van der Waals surface area contributed by atoms with Crippen LogP contribution in [0.2, 0.25) is 5.02 Å². The van der Waals surface area contributed by atoms with E-state index in [0.29, 0.717) is 11.8 Å². The average molecular weight is 500 g/mol. The zero-order valence-corrected chi connectivity index (χ0v) is 19.9. The van der Waals surface area contributed by atoms with Crippen LogP contribution >= 0.6 is 11.6 Å². The lowest BCUT2D eigenvalue weighted by Crippen LogP contribution is -2.27. The Balaban J connectivity index is 1.86. The molecule has 1 aliphatic rings. The smallest absolute Gasteiger partial charge is 0.419 e. The van der Waals surface area contributed by atoms with Crippen molar-refractivity contribution in [2.24, 2.45) is 5.92 Å². The Morgan fingerprint density at radius 2 is 1.79 bits per heavy atom. The summed E-state index contributed by atoms with van der Waals surface area (Å²) in [6.45, 7) is 4.33. The van der Waals surface area contributed by atoms with Gasteiger partial charge in [-0.25, -0.2) is 4.79 Å². The predicted octanol–water partition coefficient (Wildman–Crippen LogP) is 5.97. The number of anilines is 1. The molecule has 1 amide bonds. The van der Waals surface area contributed by atoms with Crippen LogP contribution in [0.25, 0.3) is 0 Å². The van der Waals surface area contributed by atoms with Crippen LogP contribution in [0.4, 0.5) is 18.9 Å². The van der Waals surface area contributed by atoms with Gasteiger partial charge in [-0.2, -0.15) is 13.2 Å². The van der Waals surface area contributed by atoms with Crippen LogP contribution in [0.1, 0.15) is 55.1 Å². The number of ether oxygens (including phenoxy) is 2. The molecule has 184 valence electrons. The van der Waals surface area contributed by atoms with Gasteiger partial charge in [-0.1, -0.05) is 17.7 Å². The highest BCUT2D eigenvalue weighted by atomic mass is 35.5. The summed E-state index contributed by atoms with van der Waals surface area (Å²) in [5.41, 5.74) is -2.48. The number of amides is 1. The molecule has 10 heteroatoms. The minimum absolute atomic E-state index is 0.000906. The predicted molar refractivity (Wildman–Crippen MR) is 120 cm³/mol. The van der Waals surface area contributed by atoms with Gasteiger partial charge in [-0.3, -0.25) is 4.79 Å². The molecule has 0 heterocycles. The molecule has 0 radical (unpaired) electrons. The van der Waals surface area contributed by atoms with Crippen molar-refractivity contribution in [1.82, 2.24) is 0 Å². The van der Waals surface area contributed by atoms with Crippen LogP contribution in [0.3, 0.4) is 0 Å². The van der Waals surface area contributed by atoms with E-state index in [-0.39, 0.29) is 34.8 Å². The molecule has 0 saturated heterocycles. The van der Waals surface area contributed by atoms with Crippen molar-refractivity contribution in [3.8, 4) is 11.5 Å². The molecule has 0 atom stereocenters. The van der Waals surface area contributed by atoms with E-state index in [1.165, 1.54) is 11.0 Å². The summed E-state index contributed by atoms with van der Waals surface area (Å²) in [6, 6.07) is 6.34. The summed E-state index contributed by atoms with van der Waals surface area (Å²) in [6.07, 6.45) is -3.17. The number of rotatable bonds is 6. The van der Waals surface area contributed by atoms with Crippen LogP contribution in [-0.4, -0.2) is 29.6 Å². The second kappa shape index (κ2) is 9.37. The largest absolute Gasteiger partial charge is 0.506 e. The van der Waals surface area contributed by atoms with E-state index in [1.807, 2.05) is 0 Å². The van der Waals surface area contributed by atoms with Crippen LogP contribution in [0.5, 0.6) is 11.5 Å². The van der Waals surface area contributed by atoms with Crippen LogP contribution in [-0.2, 0) is 22.3 Å². The summed E-state index contributed by atoms with van der Waals surface area (Å²) in [4.78, 5) is 26.4. The third-order valence-electron chi connectivity index (χ3n) is 5.10. The van der Waals surface area contributed by atoms with E-state index in [1.54, 1.807) is 40.0 Å². The maximum atomic E-state index is 13.3. The Kier molecular flexibility index (Phi) is 7.07. The summed E-state index contributed by atoms with van der Waals surface area (Å²) >= 11 is 6.31. The third kappa shape index (κ3) is 5.94. The Bertz CT molecular complexity index is 1110. The SMILES string of the molecule is CN(C(=O)C1CC1)c1ccc(OCc2ccc(C(F)(F)F)c(O)c2C(=O)OC(C)(C)C)cc1Cl. The van der Waals surface area contributed by atoms with Crippen molar-refractivity contribution < 1.29 is 37.3 Å². The van der Waals surface area contributed by atoms with Gasteiger partial charge in [0.25, 0.3) is 0 Å². The van der Waals surface area contributed by atoms with Gasteiger partial charge in [0.15, 0.2) is 0 Å². The molecule has 0 aromatic heterocycles. The number of hydrogen-bond donors (Lipinski definition) is 1. The minimum atomic E-state index is -4.87. The number of hydrogen-bond acceptors (Lipinski definition) is 5. The van der Waals surface area contributed by atoms with Crippen molar-refractivity contribution in [3.05, 3.63) is 52.0 Å². The van der Waals surface area contributed by atoms with E-state index >= 15 is 0 Å². The van der Waals surface area contributed by atoms with Gasteiger partial charge in [0.1, 0.15) is 29.3 Å². The number of alkyl halides is 3. The Morgan fingerprint density at radius 3 is 2.32 bits per heavy atom. The summed E-state index contributed by atoms with van der Waals surface area (Å²) in [5.74, 6) is -2.09. The van der Waals surface area contributed by atoms with E-state index in [0.717, 1.165) is 18.9 Å². The monoisotopic (exact) mass is 499 g/mol. The molecule has 2 aromatic rings. The standard InChI is InChI=1S/C24H25ClF3NO5/c1-23(2,3)34-22(32)19-14(7-9-16(20(19)30)24(26,27)28)12-33-15-8-10-18(17(25)11-15)29(4)21(31)13-5-6-13/h7-11,13,30H,5-6,12H2,1-4H3. The molecule has 2 aromatic carbocycles. The number of phenolic OH excluding ortho intramolecular Hbond substituents is 1. The van der Waals surface area contributed by atoms with E-state index < -0.39 is 34.6 Å². The number of halogens is 4. The number of nitrogens with zero attached hydrogens (tertiary/aromatic N) is 1.